The van der Waals surface area contributed by atoms with E-state index in [1.54, 1.807) is 0 Å². The lowest BCUT2D eigenvalue weighted by Gasteiger charge is -2.26. The van der Waals surface area contributed by atoms with Gasteiger partial charge >= 0.3 is 0 Å². The molecule has 2 heterocycles. The Balaban J connectivity index is 1.95. The van der Waals surface area contributed by atoms with Crippen LogP contribution < -0.4 is 0 Å². The standard InChI is InChI=1S/C13H20N2OS/c1-11-9-14(2)6-4-7-15(11)10-12(16)13-5-3-8-17-13/h3,5,8,11H,4,6-7,9-10H2,1-2H3. The molecule has 2 rings (SSSR count). The SMILES string of the molecule is CC1CN(C)CCCN1CC(=O)c1cccs1. The summed E-state index contributed by atoms with van der Waals surface area (Å²) in [7, 11) is 2.15. The van der Waals surface area contributed by atoms with Crippen LogP contribution in [0, 0.1) is 0 Å². The smallest absolute Gasteiger partial charge is 0.186 e. The second kappa shape index (κ2) is 5.76. The molecule has 0 N–H and O–H groups in total. The lowest BCUT2D eigenvalue weighted by atomic mass is 10.2. The number of Topliss-reactive ketones (excluding diaryl/α,β-unsaturated/α-hetero) is 1. The molecule has 1 aliphatic rings. The van der Waals surface area contributed by atoms with E-state index in [-0.39, 0.29) is 5.78 Å². The summed E-state index contributed by atoms with van der Waals surface area (Å²) in [5.41, 5.74) is 0. The highest BCUT2D eigenvalue weighted by molar-refractivity contribution is 7.12. The molecule has 0 bridgehead atoms. The third kappa shape index (κ3) is 3.37. The van der Waals surface area contributed by atoms with Crippen LogP contribution in [0.5, 0.6) is 0 Å². The topological polar surface area (TPSA) is 23.6 Å². The first-order valence-electron chi connectivity index (χ1n) is 6.16. The Morgan fingerprint density at radius 3 is 3.06 bits per heavy atom. The van der Waals surface area contributed by atoms with Gasteiger partial charge in [-0.1, -0.05) is 6.07 Å². The maximum atomic E-state index is 12.1. The van der Waals surface area contributed by atoms with Crippen LogP contribution >= 0.6 is 11.3 Å². The van der Waals surface area contributed by atoms with Crippen LogP contribution in [0.3, 0.4) is 0 Å². The highest BCUT2D eigenvalue weighted by atomic mass is 32.1. The van der Waals surface area contributed by atoms with Crippen molar-refractivity contribution in [1.29, 1.82) is 0 Å². The molecule has 1 aromatic rings. The Bertz CT molecular complexity index is 364. The second-order valence-corrected chi connectivity index (χ2v) is 5.78. The Kier molecular flexibility index (Phi) is 4.31. The van der Waals surface area contributed by atoms with Gasteiger partial charge < -0.3 is 4.90 Å². The quantitative estimate of drug-likeness (QED) is 0.768. The summed E-state index contributed by atoms with van der Waals surface area (Å²) < 4.78 is 0. The van der Waals surface area contributed by atoms with Crippen molar-refractivity contribution < 1.29 is 4.79 Å². The van der Waals surface area contributed by atoms with Gasteiger partial charge in [0.2, 0.25) is 0 Å². The zero-order chi connectivity index (χ0) is 12.3. The number of nitrogens with zero attached hydrogens (tertiary/aromatic N) is 2. The average Bonchev–Trinajstić information content (AvgIpc) is 2.75. The van der Waals surface area contributed by atoms with Crippen LogP contribution in [0.4, 0.5) is 0 Å². The van der Waals surface area contributed by atoms with Crippen molar-refractivity contribution in [2.24, 2.45) is 0 Å². The normalized spacial score (nSPS) is 23.5. The first-order chi connectivity index (χ1) is 8.16. The van der Waals surface area contributed by atoms with Crippen LogP contribution in [0.15, 0.2) is 17.5 Å². The van der Waals surface area contributed by atoms with Gasteiger partial charge in [0, 0.05) is 19.1 Å². The highest BCUT2D eigenvalue weighted by Crippen LogP contribution is 2.13. The molecule has 17 heavy (non-hydrogen) atoms. The summed E-state index contributed by atoms with van der Waals surface area (Å²) in [6.07, 6.45) is 1.15. The highest BCUT2D eigenvalue weighted by Gasteiger charge is 2.22. The van der Waals surface area contributed by atoms with E-state index in [0.29, 0.717) is 12.6 Å². The van der Waals surface area contributed by atoms with Gasteiger partial charge in [0.25, 0.3) is 0 Å². The lowest BCUT2D eigenvalue weighted by Crippen LogP contribution is -2.40. The summed E-state index contributed by atoms with van der Waals surface area (Å²) >= 11 is 1.54. The fraction of sp³-hybridized carbons (Fsp3) is 0.615. The molecule has 1 aliphatic heterocycles. The molecule has 1 saturated heterocycles. The van der Waals surface area contributed by atoms with E-state index in [1.165, 1.54) is 11.3 Å². The average molecular weight is 252 g/mol. The van der Waals surface area contributed by atoms with Crippen molar-refractivity contribution in [2.45, 2.75) is 19.4 Å². The summed E-state index contributed by atoms with van der Waals surface area (Å²) in [5.74, 6) is 0.261. The summed E-state index contributed by atoms with van der Waals surface area (Å²) in [6.45, 7) is 5.99. The fourth-order valence-electron chi connectivity index (χ4n) is 2.36. The maximum Gasteiger partial charge on any atom is 0.186 e. The molecule has 4 heteroatoms. The first-order valence-corrected chi connectivity index (χ1v) is 7.04. The van der Waals surface area contributed by atoms with Crippen molar-refractivity contribution in [2.75, 3.05) is 33.2 Å². The van der Waals surface area contributed by atoms with E-state index < -0.39 is 0 Å². The van der Waals surface area contributed by atoms with Gasteiger partial charge in [-0.3, -0.25) is 9.69 Å². The number of hydrogen-bond donors (Lipinski definition) is 0. The molecule has 0 spiro atoms. The monoisotopic (exact) mass is 252 g/mol. The van der Waals surface area contributed by atoms with E-state index in [4.69, 9.17) is 0 Å². The van der Waals surface area contributed by atoms with E-state index in [1.807, 2.05) is 17.5 Å². The summed E-state index contributed by atoms with van der Waals surface area (Å²) in [5, 5.41) is 1.97. The van der Waals surface area contributed by atoms with Crippen molar-refractivity contribution in [3.05, 3.63) is 22.4 Å². The molecule has 0 saturated carbocycles. The van der Waals surface area contributed by atoms with Gasteiger partial charge in [-0.05, 0) is 38.4 Å². The molecular formula is C13H20N2OS. The Hall–Kier alpha value is -0.710. The predicted octanol–water partition coefficient (Wildman–Crippen LogP) is 1.96. The molecule has 0 amide bonds. The van der Waals surface area contributed by atoms with E-state index in [9.17, 15) is 4.79 Å². The zero-order valence-corrected chi connectivity index (χ0v) is 11.4. The van der Waals surface area contributed by atoms with Crippen LogP contribution in [-0.2, 0) is 0 Å². The fourth-order valence-corrected chi connectivity index (χ4v) is 3.01. The molecular weight excluding hydrogens is 232 g/mol. The van der Waals surface area contributed by atoms with Gasteiger partial charge in [0.05, 0.1) is 11.4 Å². The lowest BCUT2D eigenvalue weighted by molar-refractivity contribution is 0.0904. The zero-order valence-electron chi connectivity index (χ0n) is 10.6. The van der Waals surface area contributed by atoms with Crippen LogP contribution in [-0.4, -0.2) is 54.9 Å². The van der Waals surface area contributed by atoms with Crippen LogP contribution in [0.2, 0.25) is 0 Å². The van der Waals surface area contributed by atoms with Crippen molar-refractivity contribution in [3.63, 3.8) is 0 Å². The van der Waals surface area contributed by atoms with Crippen molar-refractivity contribution >= 4 is 17.1 Å². The van der Waals surface area contributed by atoms with Gasteiger partial charge in [0.1, 0.15) is 0 Å². The van der Waals surface area contributed by atoms with E-state index in [0.717, 1.165) is 30.9 Å². The molecule has 1 unspecified atom stereocenters. The van der Waals surface area contributed by atoms with Crippen molar-refractivity contribution in [1.82, 2.24) is 9.80 Å². The van der Waals surface area contributed by atoms with Crippen molar-refractivity contribution in [3.8, 4) is 0 Å². The third-order valence-corrected chi connectivity index (χ3v) is 4.24. The number of carbonyl (C=O) groups is 1. The molecule has 94 valence electrons. The minimum absolute atomic E-state index is 0.261. The van der Waals surface area contributed by atoms with Gasteiger partial charge in [0.15, 0.2) is 5.78 Å². The molecule has 1 aromatic heterocycles. The van der Waals surface area contributed by atoms with Gasteiger partial charge in [-0.25, -0.2) is 0 Å². The number of ketones is 1. The Morgan fingerprint density at radius 1 is 1.53 bits per heavy atom. The minimum Gasteiger partial charge on any atom is -0.305 e. The largest absolute Gasteiger partial charge is 0.305 e. The summed E-state index contributed by atoms with van der Waals surface area (Å²) in [6, 6.07) is 4.32. The minimum atomic E-state index is 0.261. The number of hydrogen-bond acceptors (Lipinski definition) is 4. The van der Waals surface area contributed by atoms with E-state index in [2.05, 4.69) is 23.8 Å². The van der Waals surface area contributed by atoms with Gasteiger partial charge in [-0.2, -0.15) is 0 Å². The Labute approximate surface area is 107 Å². The maximum absolute atomic E-state index is 12.1. The van der Waals surface area contributed by atoms with Crippen LogP contribution in [0.1, 0.15) is 23.0 Å². The molecule has 0 aromatic carbocycles. The number of carbonyl (C=O) groups excluding carboxylic acids is 1. The molecule has 1 atom stereocenters. The van der Waals surface area contributed by atoms with E-state index >= 15 is 0 Å². The number of rotatable bonds is 3. The number of thiophene rings is 1. The molecule has 1 fully saturated rings. The van der Waals surface area contributed by atoms with Crippen LogP contribution in [0.25, 0.3) is 0 Å². The third-order valence-electron chi connectivity index (χ3n) is 3.33. The second-order valence-electron chi connectivity index (χ2n) is 4.84. The molecule has 0 aliphatic carbocycles. The van der Waals surface area contributed by atoms with Gasteiger partial charge in [-0.15, -0.1) is 11.3 Å². The molecule has 3 nitrogen and oxygen atoms in total. The molecule has 0 radical (unpaired) electrons. The summed E-state index contributed by atoms with van der Waals surface area (Å²) in [4.78, 5) is 17.6. The predicted molar refractivity (Wildman–Crippen MR) is 71.8 cm³/mol. The Morgan fingerprint density at radius 2 is 2.35 bits per heavy atom. The first kappa shape index (κ1) is 12.7. The number of likely N-dealkylation sites (N-methyl/N-ethyl adjacent to an activating group) is 1.